The maximum Gasteiger partial charge on any atom is 0.254 e. The van der Waals surface area contributed by atoms with Crippen molar-refractivity contribution in [2.24, 2.45) is 5.41 Å². The SMILES string of the molecule is CCNC(=O)[C@@]1(Cc2ccccc2-c2cccs2)CCN(C(=O)c2cccc(OC)c2)C1. The molecule has 1 N–H and O–H groups in total. The molecule has 6 heteroatoms. The summed E-state index contributed by atoms with van der Waals surface area (Å²) in [5, 5.41) is 5.09. The van der Waals surface area contributed by atoms with Crippen molar-refractivity contribution in [3.63, 3.8) is 0 Å². The molecule has 32 heavy (non-hydrogen) atoms. The fourth-order valence-electron chi connectivity index (χ4n) is 4.45. The van der Waals surface area contributed by atoms with Gasteiger partial charge in [-0.05, 0) is 60.5 Å². The first kappa shape index (κ1) is 22.1. The Hall–Kier alpha value is -3.12. The molecule has 0 unspecified atom stereocenters. The first-order valence-corrected chi connectivity index (χ1v) is 11.8. The van der Waals surface area contributed by atoms with Crippen LogP contribution in [-0.2, 0) is 11.2 Å². The largest absolute Gasteiger partial charge is 0.497 e. The van der Waals surface area contributed by atoms with Gasteiger partial charge in [0, 0.05) is 30.1 Å². The minimum atomic E-state index is -0.655. The number of rotatable bonds is 7. The Morgan fingerprint density at radius 3 is 2.72 bits per heavy atom. The van der Waals surface area contributed by atoms with Crippen molar-refractivity contribution in [2.45, 2.75) is 19.8 Å². The number of nitrogens with zero attached hydrogens (tertiary/aromatic N) is 1. The number of nitrogens with one attached hydrogen (secondary N) is 1. The zero-order valence-electron chi connectivity index (χ0n) is 18.5. The van der Waals surface area contributed by atoms with Gasteiger partial charge >= 0.3 is 0 Å². The molecule has 1 fully saturated rings. The summed E-state index contributed by atoms with van der Waals surface area (Å²) in [6.07, 6.45) is 1.22. The van der Waals surface area contributed by atoms with Crippen molar-refractivity contribution in [3.05, 3.63) is 77.2 Å². The highest BCUT2D eigenvalue weighted by molar-refractivity contribution is 7.13. The Balaban J connectivity index is 1.63. The average Bonchev–Trinajstić information content (AvgIpc) is 3.50. The number of benzene rings is 2. The molecule has 1 aromatic heterocycles. The molecule has 0 saturated carbocycles. The second-order valence-electron chi connectivity index (χ2n) is 8.16. The summed E-state index contributed by atoms with van der Waals surface area (Å²) in [6, 6.07) is 19.6. The molecule has 5 nitrogen and oxygen atoms in total. The molecule has 2 heterocycles. The Morgan fingerprint density at radius 1 is 1.12 bits per heavy atom. The minimum Gasteiger partial charge on any atom is -0.497 e. The zero-order valence-corrected chi connectivity index (χ0v) is 19.3. The van der Waals surface area contributed by atoms with Gasteiger partial charge in [-0.3, -0.25) is 9.59 Å². The van der Waals surface area contributed by atoms with Crippen LogP contribution in [0.15, 0.2) is 66.0 Å². The van der Waals surface area contributed by atoms with Gasteiger partial charge in [-0.1, -0.05) is 36.4 Å². The zero-order chi connectivity index (χ0) is 22.6. The lowest BCUT2D eigenvalue weighted by Crippen LogP contribution is -2.45. The van der Waals surface area contributed by atoms with Gasteiger partial charge in [-0.15, -0.1) is 11.3 Å². The fraction of sp³-hybridized carbons (Fsp3) is 0.308. The topological polar surface area (TPSA) is 58.6 Å². The van der Waals surface area contributed by atoms with Crippen molar-refractivity contribution in [1.82, 2.24) is 10.2 Å². The van der Waals surface area contributed by atoms with Gasteiger partial charge in [-0.25, -0.2) is 0 Å². The van der Waals surface area contributed by atoms with Crippen molar-refractivity contribution in [1.29, 1.82) is 0 Å². The van der Waals surface area contributed by atoms with Crippen molar-refractivity contribution < 1.29 is 14.3 Å². The first-order valence-electron chi connectivity index (χ1n) is 10.9. The second-order valence-corrected chi connectivity index (χ2v) is 9.11. The number of likely N-dealkylation sites (tertiary alicyclic amines) is 1. The van der Waals surface area contributed by atoms with E-state index in [4.69, 9.17) is 4.74 Å². The van der Waals surface area contributed by atoms with E-state index in [-0.39, 0.29) is 11.8 Å². The molecule has 1 aliphatic rings. The maximum absolute atomic E-state index is 13.3. The predicted molar refractivity (Wildman–Crippen MR) is 128 cm³/mol. The molecule has 0 aliphatic carbocycles. The van der Waals surface area contributed by atoms with Crippen molar-refractivity contribution in [3.8, 4) is 16.2 Å². The van der Waals surface area contributed by atoms with Crippen LogP contribution in [0.4, 0.5) is 0 Å². The molecule has 0 spiro atoms. The standard InChI is InChI=1S/C26H28N2O3S/c1-3-27-25(30)26(17-20-8-4-5-11-22(20)23-12-7-15-32-23)13-14-28(18-26)24(29)19-9-6-10-21(16-19)31-2/h4-12,15-16H,3,13-14,17-18H2,1-2H3,(H,27,30)/t26-/m1/s1. The molecule has 1 aliphatic heterocycles. The number of methoxy groups -OCH3 is 1. The van der Waals surface area contributed by atoms with Crippen LogP contribution in [0.3, 0.4) is 0 Å². The molecule has 2 amide bonds. The summed E-state index contributed by atoms with van der Waals surface area (Å²) >= 11 is 1.69. The summed E-state index contributed by atoms with van der Waals surface area (Å²) in [7, 11) is 1.59. The number of carbonyl (C=O) groups is 2. The smallest absolute Gasteiger partial charge is 0.254 e. The average molecular weight is 449 g/mol. The normalized spacial score (nSPS) is 17.9. The number of amides is 2. The van der Waals surface area contributed by atoms with Crippen molar-refractivity contribution in [2.75, 3.05) is 26.7 Å². The van der Waals surface area contributed by atoms with Crippen LogP contribution in [0.1, 0.15) is 29.3 Å². The molecule has 3 aromatic rings. The number of hydrogen-bond acceptors (Lipinski definition) is 4. The molecular formula is C26H28N2O3S. The van der Waals surface area contributed by atoms with E-state index in [2.05, 4.69) is 28.9 Å². The lowest BCUT2D eigenvalue weighted by molar-refractivity contribution is -0.130. The molecular weight excluding hydrogens is 420 g/mol. The molecule has 1 saturated heterocycles. The Bertz CT molecular complexity index is 1100. The van der Waals surface area contributed by atoms with Gasteiger partial charge in [0.05, 0.1) is 12.5 Å². The third-order valence-electron chi connectivity index (χ3n) is 6.11. The molecule has 4 rings (SSSR count). The van der Waals surface area contributed by atoms with Crippen LogP contribution < -0.4 is 10.1 Å². The van der Waals surface area contributed by atoms with E-state index in [9.17, 15) is 9.59 Å². The summed E-state index contributed by atoms with van der Waals surface area (Å²) in [4.78, 5) is 29.5. The molecule has 0 radical (unpaired) electrons. The predicted octanol–water partition coefficient (Wildman–Crippen LogP) is 4.63. The van der Waals surface area contributed by atoms with Crippen LogP contribution >= 0.6 is 11.3 Å². The number of carbonyl (C=O) groups excluding carboxylic acids is 2. The van der Waals surface area contributed by atoms with Crippen molar-refractivity contribution >= 4 is 23.2 Å². The van der Waals surface area contributed by atoms with E-state index in [0.717, 1.165) is 11.1 Å². The van der Waals surface area contributed by atoms with E-state index in [1.54, 1.807) is 35.5 Å². The van der Waals surface area contributed by atoms with Crippen LogP contribution in [0.5, 0.6) is 5.75 Å². The third-order valence-corrected chi connectivity index (χ3v) is 7.01. The maximum atomic E-state index is 13.3. The number of thiophene rings is 1. The van der Waals surface area contributed by atoms with E-state index in [1.165, 1.54) is 4.88 Å². The van der Waals surface area contributed by atoms with Gasteiger partial charge in [0.1, 0.15) is 5.75 Å². The highest BCUT2D eigenvalue weighted by Gasteiger charge is 2.46. The van der Waals surface area contributed by atoms with Gasteiger partial charge in [-0.2, -0.15) is 0 Å². The van der Waals surface area contributed by atoms with E-state index in [1.807, 2.05) is 37.3 Å². The van der Waals surface area contributed by atoms with Gasteiger partial charge < -0.3 is 15.0 Å². The van der Waals surface area contributed by atoms with Crippen LogP contribution in [0.25, 0.3) is 10.4 Å². The van der Waals surface area contributed by atoms with Crippen LogP contribution in [0.2, 0.25) is 0 Å². The highest BCUT2D eigenvalue weighted by Crippen LogP contribution is 2.39. The quantitative estimate of drug-likeness (QED) is 0.573. The molecule has 0 bridgehead atoms. The van der Waals surface area contributed by atoms with E-state index in [0.29, 0.717) is 43.8 Å². The summed E-state index contributed by atoms with van der Waals surface area (Å²) in [5.41, 5.74) is 2.22. The van der Waals surface area contributed by atoms with Gasteiger partial charge in [0.25, 0.3) is 5.91 Å². The fourth-order valence-corrected chi connectivity index (χ4v) is 5.24. The van der Waals surface area contributed by atoms with Crippen LogP contribution in [-0.4, -0.2) is 43.5 Å². The highest BCUT2D eigenvalue weighted by atomic mass is 32.1. The minimum absolute atomic E-state index is 0.0157. The summed E-state index contributed by atoms with van der Waals surface area (Å²) in [6.45, 7) is 3.44. The second kappa shape index (κ2) is 9.57. The molecule has 1 atom stereocenters. The first-order chi connectivity index (χ1) is 15.6. The summed E-state index contributed by atoms with van der Waals surface area (Å²) in [5.74, 6) is 0.596. The molecule has 166 valence electrons. The number of ether oxygens (including phenoxy) is 1. The molecule has 2 aromatic carbocycles. The summed E-state index contributed by atoms with van der Waals surface area (Å²) < 4.78 is 5.27. The Labute approximate surface area is 193 Å². The van der Waals surface area contributed by atoms with E-state index < -0.39 is 5.41 Å². The monoisotopic (exact) mass is 448 g/mol. The lowest BCUT2D eigenvalue weighted by Gasteiger charge is -2.29. The number of hydrogen-bond donors (Lipinski definition) is 1. The Morgan fingerprint density at radius 2 is 1.97 bits per heavy atom. The van der Waals surface area contributed by atoms with Gasteiger partial charge in [0.2, 0.25) is 5.91 Å². The van der Waals surface area contributed by atoms with Gasteiger partial charge in [0.15, 0.2) is 0 Å². The third kappa shape index (κ3) is 4.41. The Kier molecular flexibility index (Phi) is 6.61. The van der Waals surface area contributed by atoms with Crippen LogP contribution in [0, 0.1) is 5.41 Å². The van der Waals surface area contributed by atoms with E-state index >= 15 is 0 Å². The lowest BCUT2D eigenvalue weighted by atomic mass is 9.78.